The number of para-hydroxylation sites is 4. The predicted octanol–water partition coefficient (Wildman–Crippen LogP) is 3.39. The second kappa shape index (κ2) is 8.12. The van der Waals surface area contributed by atoms with Gasteiger partial charge in [0.1, 0.15) is 11.6 Å². The molecule has 0 unspecified atom stereocenters. The minimum absolute atomic E-state index is 0.610. The Kier molecular flexibility index (Phi) is 5.41. The van der Waals surface area contributed by atoms with Crippen molar-refractivity contribution in [3.8, 4) is 0 Å². The van der Waals surface area contributed by atoms with Crippen LogP contribution in [0.5, 0.6) is 0 Å². The average Bonchev–Trinajstić information content (AvgIpc) is 3.24. The van der Waals surface area contributed by atoms with Gasteiger partial charge in [0.05, 0.1) is 35.2 Å². The molecule has 2 aromatic carbocycles. The summed E-state index contributed by atoms with van der Waals surface area (Å²) >= 11 is 0. The molecule has 0 radical (unpaired) electrons. The van der Waals surface area contributed by atoms with Gasteiger partial charge in [-0.05, 0) is 38.1 Å². The molecule has 0 fully saturated rings. The number of rotatable bonds is 8. The maximum absolute atomic E-state index is 5.93. The van der Waals surface area contributed by atoms with Crippen LogP contribution in [0.3, 0.4) is 0 Å². The van der Waals surface area contributed by atoms with Crippen LogP contribution in [0.25, 0.3) is 22.1 Å². The third-order valence-corrected chi connectivity index (χ3v) is 5.28. The van der Waals surface area contributed by atoms with Crippen LogP contribution in [0.15, 0.2) is 48.5 Å². The summed E-state index contributed by atoms with van der Waals surface area (Å²) in [5.41, 5.74) is 10.4. The van der Waals surface area contributed by atoms with E-state index >= 15 is 0 Å². The summed E-state index contributed by atoms with van der Waals surface area (Å²) in [4.78, 5) is 12.1. The van der Waals surface area contributed by atoms with Crippen molar-refractivity contribution in [2.45, 2.75) is 40.0 Å². The number of hydrogen-bond acceptors (Lipinski definition) is 4. The topological polar surface area (TPSA) is 64.9 Å². The average molecular weight is 377 g/mol. The van der Waals surface area contributed by atoms with Crippen molar-refractivity contribution in [2.75, 3.05) is 13.1 Å². The Balaban J connectivity index is 1.66. The van der Waals surface area contributed by atoms with Crippen LogP contribution in [0.1, 0.15) is 25.5 Å². The lowest BCUT2D eigenvalue weighted by molar-refractivity contribution is 0.245. The van der Waals surface area contributed by atoms with Crippen LogP contribution in [0.2, 0.25) is 0 Å². The second-order valence-electron chi connectivity index (χ2n) is 7.02. The first-order valence-electron chi connectivity index (χ1n) is 10.1. The van der Waals surface area contributed by atoms with E-state index in [1.54, 1.807) is 0 Å². The fourth-order valence-electron chi connectivity index (χ4n) is 3.99. The minimum atomic E-state index is 0.610. The maximum atomic E-state index is 5.93. The zero-order valence-electron chi connectivity index (χ0n) is 16.7. The molecular weight excluding hydrogens is 348 g/mol. The van der Waals surface area contributed by atoms with E-state index in [4.69, 9.17) is 15.7 Å². The van der Waals surface area contributed by atoms with Crippen molar-refractivity contribution in [3.63, 3.8) is 0 Å². The Hall–Kier alpha value is -2.70. The number of aryl methyl sites for hydroxylation is 2. The second-order valence-corrected chi connectivity index (χ2v) is 7.02. The summed E-state index contributed by atoms with van der Waals surface area (Å²) in [6.45, 7) is 9.07. The molecule has 0 aliphatic rings. The highest BCUT2D eigenvalue weighted by Gasteiger charge is 2.17. The molecule has 0 atom stereocenters. The molecule has 4 aromatic rings. The lowest BCUT2D eigenvalue weighted by Gasteiger charge is -2.22. The maximum Gasteiger partial charge on any atom is 0.124 e. The van der Waals surface area contributed by atoms with Crippen LogP contribution < -0.4 is 5.73 Å². The smallest absolute Gasteiger partial charge is 0.124 e. The number of benzene rings is 2. The number of nitrogens with two attached hydrogens (primary N) is 1. The molecule has 0 saturated carbocycles. The van der Waals surface area contributed by atoms with Crippen LogP contribution >= 0.6 is 0 Å². The van der Waals surface area contributed by atoms with Crippen molar-refractivity contribution in [3.05, 3.63) is 60.2 Å². The van der Waals surface area contributed by atoms with Gasteiger partial charge in [-0.3, -0.25) is 4.90 Å². The van der Waals surface area contributed by atoms with Gasteiger partial charge in [0.15, 0.2) is 0 Å². The molecule has 0 saturated heterocycles. The highest BCUT2D eigenvalue weighted by molar-refractivity contribution is 5.76. The van der Waals surface area contributed by atoms with E-state index in [1.807, 2.05) is 12.1 Å². The Morgan fingerprint density at radius 1 is 0.786 bits per heavy atom. The number of imidazole rings is 2. The largest absolute Gasteiger partial charge is 0.329 e. The molecule has 6 nitrogen and oxygen atoms in total. The SMILES string of the molecule is CCn1c(CN(CCN)Cc2nc3ccccc3n2CC)nc2ccccc21. The van der Waals surface area contributed by atoms with E-state index in [0.717, 1.165) is 55.4 Å². The summed E-state index contributed by atoms with van der Waals surface area (Å²) in [6, 6.07) is 16.7. The lowest BCUT2D eigenvalue weighted by Crippen LogP contribution is -2.31. The molecule has 146 valence electrons. The zero-order valence-corrected chi connectivity index (χ0v) is 16.7. The number of aromatic nitrogens is 4. The number of hydrogen-bond donors (Lipinski definition) is 1. The fourth-order valence-corrected chi connectivity index (χ4v) is 3.99. The van der Waals surface area contributed by atoms with Gasteiger partial charge in [-0.25, -0.2) is 9.97 Å². The summed E-state index contributed by atoms with van der Waals surface area (Å²) in [5, 5.41) is 0. The minimum Gasteiger partial charge on any atom is -0.329 e. The Labute approximate surface area is 165 Å². The van der Waals surface area contributed by atoms with E-state index in [0.29, 0.717) is 6.54 Å². The first-order chi connectivity index (χ1) is 13.7. The molecular formula is C22H28N6. The molecule has 0 aliphatic heterocycles. The third-order valence-electron chi connectivity index (χ3n) is 5.28. The van der Waals surface area contributed by atoms with Crippen molar-refractivity contribution in [2.24, 2.45) is 5.73 Å². The summed E-state index contributed by atoms with van der Waals surface area (Å²) in [5.74, 6) is 2.16. The summed E-state index contributed by atoms with van der Waals surface area (Å²) < 4.78 is 4.59. The predicted molar refractivity (Wildman–Crippen MR) is 114 cm³/mol. The Morgan fingerprint density at radius 3 is 1.68 bits per heavy atom. The van der Waals surface area contributed by atoms with Crippen molar-refractivity contribution < 1.29 is 0 Å². The highest BCUT2D eigenvalue weighted by Crippen LogP contribution is 2.20. The molecule has 0 aliphatic carbocycles. The number of nitrogens with zero attached hydrogens (tertiary/aromatic N) is 5. The van der Waals surface area contributed by atoms with Gasteiger partial charge in [-0.2, -0.15) is 0 Å². The van der Waals surface area contributed by atoms with Crippen LogP contribution in [0.4, 0.5) is 0 Å². The van der Waals surface area contributed by atoms with Gasteiger partial charge in [-0.1, -0.05) is 24.3 Å². The van der Waals surface area contributed by atoms with E-state index in [9.17, 15) is 0 Å². The first-order valence-corrected chi connectivity index (χ1v) is 10.1. The lowest BCUT2D eigenvalue weighted by atomic mass is 10.3. The molecule has 2 heterocycles. The van der Waals surface area contributed by atoms with Crippen molar-refractivity contribution in [1.82, 2.24) is 24.0 Å². The van der Waals surface area contributed by atoms with Crippen LogP contribution in [-0.4, -0.2) is 37.1 Å². The van der Waals surface area contributed by atoms with Gasteiger partial charge in [-0.15, -0.1) is 0 Å². The quantitative estimate of drug-likeness (QED) is 0.512. The molecule has 0 spiro atoms. The molecule has 28 heavy (non-hydrogen) atoms. The Morgan fingerprint density at radius 2 is 1.25 bits per heavy atom. The summed E-state index contributed by atoms with van der Waals surface area (Å²) in [7, 11) is 0. The van der Waals surface area contributed by atoms with E-state index < -0.39 is 0 Å². The Bertz CT molecular complexity index is 993. The molecule has 2 N–H and O–H groups in total. The van der Waals surface area contributed by atoms with E-state index in [1.165, 1.54) is 11.0 Å². The monoisotopic (exact) mass is 376 g/mol. The van der Waals surface area contributed by atoms with Gasteiger partial charge < -0.3 is 14.9 Å². The van der Waals surface area contributed by atoms with Gasteiger partial charge in [0.2, 0.25) is 0 Å². The fraction of sp³-hybridized carbons (Fsp3) is 0.364. The highest BCUT2D eigenvalue weighted by atomic mass is 15.2. The van der Waals surface area contributed by atoms with Crippen LogP contribution in [-0.2, 0) is 26.2 Å². The van der Waals surface area contributed by atoms with Crippen molar-refractivity contribution in [1.29, 1.82) is 0 Å². The van der Waals surface area contributed by atoms with Gasteiger partial charge in [0.25, 0.3) is 0 Å². The van der Waals surface area contributed by atoms with E-state index in [-0.39, 0.29) is 0 Å². The molecule has 6 heteroatoms. The molecule has 0 amide bonds. The zero-order chi connectivity index (χ0) is 19.5. The van der Waals surface area contributed by atoms with E-state index in [2.05, 4.69) is 64.3 Å². The van der Waals surface area contributed by atoms with Gasteiger partial charge >= 0.3 is 0 Å². The molecule has 2 aromatic heterocycles. The third kappa shape index (κ3) is 3.41. The summed E-state index contributed by atoms with van der Waals surface area (Å²) in [6.07, 6.45) is 0. The normalized spacial score (nSPS) is 11.9. The molecule has 0 bridgehead atoms. The van der Waals surface area contributed by atoms with Crippen molar-refractivity contribution >= 4 is 22.1 Å². The molecule has 4 rings (SSSR count). The van der Waals surface area contributed by atoms with Crippen LogP contribution in [0, 0.1) is 0 Å². The first kappa shape index (κ1) is 18.7. The standard InChI is InChI=1S/C22H28N6/c1-3-27-19-11-7-5-9-17(19)24-21(27)15-26(14-13-23)16-22-25-18-10-6-8-12-20(18)28(22)4-2/h5-12H,3-4,13-16,23H2,1-2H3. The number of fused-ring (bicyclic) bond motifs is 2. The van der Waals surface area contributed by atoms with Gasteiger partial charge in [0, 0.05) is 26.2 Å².